The third-order valence-electron chi connectivity index (χ3n) is 3.93. The number of hydrogen-bond donors (Lipinski definition) is 2. The van der Waals surface area contributed by atoms with Crippen molar-refractivity contribution in [1.29, 1.82) is 0 Å². The van der Waals surface area contributed by atoms with Crippen molar-refractivity contribution in [2.75, 3.05) is 5.32 Å². The van der Waals surface area contributed by atoms with Crippen LogP contribution in [0.2, 0.25) is 5.02 Å². The summed E-state index contributed by atoms with van der Waals surface area (Å²) in [6, 6.07) is 9.25. The molecule has 0 fully saturated rings. The van der Waals surface area contributed by atoms with E-state index in [0.717, 1.165) is 22.4 Å². The number of rotatable bonds is 5. The Hall–Kier alpha value is -2.99. The zero-order valence-corrected chi connectivity index (χ0v) is 16.1. The molecule has 1 aromatic carbocycles. The van der Waals surface area contributed by atoms with Crippen LogP contribution in [0.25, 0.3) is 0 Å². The van der Waals surface area contributed by atoms with E-state index >= 15 is 0 Å². The van der Waals surface area contributed by atoms with Crippen LogP contribution in [0.5, 0.6) is 0 Å². The monoisotopic (exact) mass is 381 g/mol. The van der Waals surface area contributed by atoms with Crippen LogP contribution < -0.4 is 10.6 Å². The van der Waals surface area contributed by atoms with Crippen LogP contribution in [0, 0.1) is 20.8 Å². The lowest BCUT2D eigenvalue weighted by Gasteiger charge is -2.13. The van der Waals surface area contributed by atoms with Crippen molar-refractivity contribution in [3.63, 3.8) is 0 Å². The van der Waals surface area contributed by atoms with E-state index in [2.05, 4.69) is 25.6 Å². The SMILES string of the molecule is Cc1cc(C)c(Nc2cc(C(=O)NCc3cccnc3)nc(C)n2)c(Cl)c1. The first-order valence-corrected chi connectivity index (χ1v) is 8.87. The molecule has 27 heavy (non-hydrogen) atoms. The van der Waals surface area contributed by atoms with E-state index in [4.69, 9.17) is 11.6 Å². The molecule has 0 bridgehead atoms. The first-order chi connectivity index (χ1) is 12.9. The van der Waals surface area contributed by atoms with Crippen molar-refractivity contribution in [2.24, 2.45) is 0 Å². The number of nitrogens with zero attached hydrogens (tertiary/aromatic N) is 3. The zero-order valence-electron chi connectivity index (χ0n) is 15.4. The molecule has 3 aromatic rings. The van der Waals surface area contributed by atoms with Gasteiger partial charge in [0.2, 0.25) is 0 Å². The predicted octanol–water partition coefficient (Wildman–Crippen LogP) is 4.12. The van der Waals surface area contributed by atoms with Crippen LogP contribution in [0.3, 0.4) is 0 Å². The van der Waals surface area contributed by atoms with Gasteiger partial charge in [0, 0.05) is 25.0 Å². The highest BCUT2D eigenvalue weighted by Gasteiger charge is 2.12. The number of halogens is 1. The summed E-state index contributed by atoms with van der Waals surface area (Å²) in [5, 5.41) is 6.65. The van der Waals surface area contributed by atoms with Gasteiger partial charge < -0.3 is 10.6 Å². The molecule has 0 aliphatic heterocycles. The van der Waals surface area contributed by atoms with Crippen molar-refractivity contribution < 1.29 is 4.79 Å². The smallest absolute Gasteiger partial charge is 0.270 e. The fraction of sp³-hybridized carbons (Fsp3) is 0.200. The Labute approximate surface area is 163 Å². The minimum absolute atomic E-state index is 0.279. The van der Waals surface area contributed by atoms with Gasteiger partial charge in [-0.1, -0.05) is 23.7 Å². The van der Waals surface area contributed by atoms with E-state index in [0.29, 0.717) is 23.2 Å². The Balaban J connectivity index is 1.79. The van der Waals surface area contributed by atoms with Gasteiger partial charge in [0.25, 0.3) is 5.91 Å². The van der Waals surface area contributed by atoms with E-state index in [1.165, 1.54) is 0 Å². The summed E-state index contributed by atoms with van der Waals surface area (Å²) in [5.74, 6) is 0.731. The molecule has 0 radical (unpaired) electrons. The lowest BCUT2D eigenvalue weighted by Crippen LogP contribution is -2.24. The Morgan fingerprint density at radius 2 is 1.96 bits per heavy atom. The van der Waals surface area contributed by atoms with Gasteiger partial charge in [0.15, 0.2) is 0 Å². The average molecular weight is 382 g/mol. The molecule has 2 N–H and O–H groups in total. The first kappa shape index (κ1) is 18.8. The second kappa shape index (κ2) is 8.14. The van der Waals surface area contributed by atoms with Gasteiger partial charge in [-0.25, -0.2) is 9.97 Å². The fourth-order valence-electron chi connectivity index (χ4n) is 2.73. The van der Waals surface area contributed by atoms with Gasteiger partial charge in [0.05, 0.1) is 10.7 Å². The second-order valence-corrected chi connectivity index (χ2v) is 6.70. The highest BCUT2D eigenvalue weighted by molar-refractivity contribution is 6.33. The Morgan fingerprint density at radius 3 is 2.67 bits per heavy atom. The molecule has 2 aromatic heterocycles. The van der Waals surface area contributed by atoms with Gasteiger partial charge in [0.1, 0.15) is 17.3 Å². The third kappa shape index (κ3) is 4.80. The number of hydrogen-bond acceptors (Lipinski definition) is 5. The van der Waals surface area contributed by atoms with E-state index in [1.54, 1.807) is 25.4 Å². The first-order valence-electron chi connectivity index (χ1n) is 8.49. The summed E-state index contributed by atoms with van der Waals surface area (Å²) >= 11 is 6.35. The summed E-state index contributed by atoms with van der Waals surface area (Å²) < 4.78 is 0. The normalized spacial score (nSPS) is 10.5. The number of benzene rings is 1. The minimum atomic E-state index is -0.279. The highest BCUT2D eigenvalue weighted by Crippen LogP contribution is 2.29. The number of nitrogens with one attached hydrogen (secondary N) is 2. The van der Waals surface area contributed by atoms with E-state index < -0.39 is 0 Å². The number of pyridine rings is 1. The van der Waals surface area contributed by atoms with E-state index in [-0.39, 0.29) is 11.6 Å². The minimum Gasteiger partial charge on any atom is -0.347 e. The molecular weight excluding hydrogens is 362 g/mol. The lowest BCUT2D eigenvalue weighted by molar-refractivity contribution is 0.0945. The van der Waals surface area contributed by atoms with Gasteiger partial charge in [-0.15, -0.1) is 0 Å². The quantitative estimate of drug-likeness (QED) is 0.694. The van der Waals surface area contributed by atoms with E-state index in [1.807, 2.05) is 38.1 Å². The molecule has 138 valence electrons. The van der Waals surface area contributed by atoms with Crippen LogP contribution in [0.4, 0.5) is 11.5 Å². The number of aryl methyl sites for hydroxylation is 3. The second-order valence-electron chi connectivity index (χ2n) is 6.29. The summed E-state index contributed by atoms with van der Waals surface area (Å²) in [4.78, 5) is 25.1. The van der Waals surface area contributed by atoms with Gasteiger partial charge in [-0.2, -0.15) is 0 Å². The molecule has 1 amide bonds. The average Bonchev–Trinajstić information content (AvgIpc) is 2.63. The topological polar surface area (TPSA) is 79.8 Å². The maximum atomic E-state index is 12.5. The standard InChI is InChI=1S/C20H20ClN5O/c1-12-7-13(2)19(16(21)8-12)26-18-9-17(24-14(3)25-18)20(27)23-11-15-5-4-6-22-10-15/h4-10H,11H2,1-3H3,(H,23,27)(H,24,25,26). The number of anilines is 2. The Bertz CT molecular complexity index is 952. The van der Waals surface area contributed by atoms with Crippen LogP contribution in [-0.2, 0) is 6.54 Å². The molecular formula is C20H20ClN5O. The Morgan fingerprint density at radius 1 is 1.15 bits per heavy atom. The van der Waals surface area contributed by atoms with Gasteiger partial charge >= 0.3 is 0 Å². The van der Waals surface area contributed by atoms with Gasteiger partial charge in [-0.05, 0) is 49.6 Å². The molecule has 0 spiro atoms. The molecule has 0 unspecified atom stereocenters. The van der Waals surface area contributed by atoms with Crippen LogP contribution in [-0.4, -0.2) is 20.9 Å². The summed E-state index contributed by atoms with van der Waals surface area (Å²) in [6.45, 7) is 6.08. The largest absolute Gasteiger partial charge is 0.347 e. The summed E-state index contributed by atoms with van der Waals surface area (Å²) in [7, 11) is 0. The van der Waals surface area contributed by atoms with Crippen molar-refractivity contribution in [2.45, 2.75) is 27.3 Å². The summed E-state index contributed by atoms with van der Waals surface area (Å²) in [5.41, 5.74) is 4.05. The fourth-order valence-corrected chi connectivity index (χ4v) is 3.09. The van der Waals surface area contributed by atoms with Crippen LogP contribution in [0.1, 0.15) is 33.0 Å². The molecule has 3 rings (SSSR count). The molecule has 0 saturated carbocycles. The molecule has 7 heteroatoms. The van der Waals surface area contributed by atoms with E-state index in [9.17, 15) is 4.79 Å². The highest BCUT2D eigenvalue weighted by atomic mass is 35.5. The van der Waals surface area contributed by atoms with Crippen LogP contribution >= 0.6 is 11.6 Å². The number of amides is 1. The molecule has 6 nitrogen and oxygen atoms in total. The number of carbonyl (C=O) groups is 1. The van der Waals surface area contributed by atoms with Crippen molar-refractivity contribution in [3.8, 4) is 0 Å². The number of aromatic nitrogens is 3. The lowest BCUT2D eigenvalue weighted by atomic mass is 10.1. The molecule has 0 aliphatic carbocycles. The summed E-state index contributed by atoms with van der Waals surface area (Å²) in [6.07, 6.45) is 3.40. The molecule has 2 heterocycles. The van der Waals surface area contributed by atoms with Gasteiger partial charge in [-0.3, -0.25) is 9.78 Å². The Kier molecular flexibility index (Phi) is 5.66. The zero-order chi connectivity index (χ0) is 19.4. The maximum absolute atomic E-state index is 12.5. The van der Waals surface area contributed by atoms with Crippen molar-refractivity contribution in [1.82, 2.24) is 20.3 Å². The molecule has 0 aliphatic rings. The van der Waals surface area contributed by atoms with Crippen molar-refractivity contribution in [3.05, 3.63) is 76.0 Å². The predicted molar refractivity (Wildman–Crippen MR) is 106 cm³/mol. The number of carbonyl (C=O) groups excluding carboxylic acids is 1. The van der Waals surface area contributed by atoms with Crippen molar-refractivity contribution >= 4 is 29.0 Å². The molecule has 0 atom stereocenters. The van der Waals surface area contributed by atoms with Crippen LogP contribution in [0.15, 0.2) is 42.7 Å². The maximum Gasteiger partial charge on any atom is 0.270 e. The molecule has 0 saturated heterocycles. The third-order valence-corrected chi connectivity index (χ3v) is 4.23.